The van der Waals surface area contributed by atoms with Gasteiger partial charge in [0.1, 0.15) is 11.6 Å². The molecule has 2 aromatic rings. The first kappa shape index (κ1) is 43.8. The highest BCUT2D eigenvalue weighted by Crippen LogP contribution is 2.17. The highest BCUT2D eigenvalue weighted by Gasteiger charge is 2.08. The third-order valence-corrected chi connectivity index (χ3v) is 10.3. The number of nitrogens with one attached hydrogen (secondary N) is 1. The smallest absolute Gasteiger partial charge is 0.134 e. The molecular formula is C46H79N3O. The molecule has 0 amide bonds. The first-order valence-corrected chi connectivity index (χ1v) is 21.6. The largest absolute Gasteiger partial charge is 0.508 e. The highest BCUT2D eigenvalue weighted by atomic mass is 16.3. The normalized spacial score (nSPS) is 11.9. The Morgan fingerprint density at radius 2 is 0.840 bits per heavy atom. The second kappa shape index (κ2) is 32.6. The zero-order valence-corrected chi connectivity index (χ0v) is 33.0. The molecule has 2 N–H and O–H groups in total. The highest BCUT2D eigenvalue weighted by molar-refractivity contribution is 6.08. The van der Waals surface area contributed by atoms with Crippen LogP contribution in [-0.4, -0.2) is 35.6 Å². The lowest BCUT2D eigenvalue weighted by atomic mass is 10.0. The van der Waals surface area contributed by atoms with E-state index in [-0.39, 0.29) is 5.75 Å². The third kappa shape index (κ3) is 24.8. The summed E-state index contributed by atoms with van der Waals surface area (Å²) in [4.78, 5) is 7.74. The monoisotopic (exact) mass is 690 g/mol. The van der Waals surface area contributed by atoms with E-state index in [9.17, 15) is 5.11 Å². The molecule has 0 atom stereocenters. The van der Waals surface area contributed by atoms with Gasteiger partial charge in [-0.25, -0.2) is 0 Å². The van der Waals surface area contributed by atoms with Crippen LogP contribution in [0.25, 0.3) is 0 Å². The van der Waals surface area contributed by atoms with E-state index < -0.39 is 0 Å². The SMILES string of the molecule is CCCCCCCCCCCCCCCCN(CCCCCCCCCCCCCCCC)CN=C(Nc1ccc(O)cc1)c1ccccc1. The molecule has 284 valence electrons. The van der Waals surface area contributed by atoms with Crippen molar-refractivity contribution in [3.05, 3.63) is 60.2 Å². The van der Waals surface area contributed by atoms with E-state index in [1.807, 2.05) is 12.1 Å². The lowest BCUT2D eigenvalue weighted by Gasteiger charge is -2.21. The minimum Gasteiger partial charge on any atom is -0.508 e. The summed E-state index contributed by atoms with van der Waals surface area (Å²) in [6.45, 7) is 7.57. The fourth-order valence-electron chi connectivity index (χ4n) is 6.96. The summed E-state index contributed by atoms with van der Waals surface area (Å²) in [5.74, 6) is 1.17. The van der Waals surface area contributed by atoms with Crippen molar-refractivity contribution in [2.24, 2.45) is 4.99 Å². The Labute approximate surface area is 310 Å². The lowest BCUT2D eigenvalue weighted by molar-refractivity contribution is 0.268. The van der Waals surface area contributed by atoms with Crippen LogP contribution >= 0.6 is 0 Å². The number of hydrogen-bond donors (Lipinski definition) is 2. The summed E-state index contributed by atoms with van der Waals surface area (Å²) in [5.41, 5.74) is 2.03. The van der Waals surface area contributed by atoms with E-state index in [4.69, 9.17) is 4.99 Å². The van der Waals surface area contributed by atoms with Crippen molar-refractivity contribution in [1.82, 2.24) is 4.90 Å². The van der Waals surface area contributed by atoms with E-state index in [0.717, 1.165) is 30.2 Å². The van der Waals surface area contributed by atoms with Gasteiger partial charge in [-0.05, 0) is 50.2 Å². The summed E-state index contributed by atoms with van der Waals surface area (Å²) >= 11 is 0. The average Bonchev–Trinajstić information content (AvgIpc) is 3.14. The van der Waals surface area contributed by atoms with E-state index in [0.29, 0.717) is 6.67 Å². The summed E-state index contributed by atoms with van der Waals surface area (Å²) in [6, 6.07) is 17.7. The Balaban J connectivity index is 1.73. The molecule has 4 nitrogen and oxygen atoms in total. The molecule has 0 saturated carbocycles. The third-order valence-electron chi connectivity index (χ3n) is 10.3. The summed E-state index contributed by atoms with van der Waals surface area (Å²) in [5, 5.41) is 13.3. The molecule has 0 heterocycles. The van der Waals surface area contributed by atoms with Crippen LogP contribution in [0.1, 0.15) is 199 Å². The molecule has 4 heteroatoms. The quantitative estimate of drug-likeness (QED) is 0.0333. The lowest BCUT2D eigenvalue weighted by Crippen LogP contribution is -2.28. The number of phenols is 1. The van der Waals surface area contributed by atoms with Gasteiger partial charge in [0.05, 0.1) is 6.67 Å². The fourth-order valence-corrected chi connectivity index (χ4v) is 6.96. The Morgan fingerprint density at radius 3 is 1.22 bits per heavy atom. The molecule has 0 aliphatic rings. The summed E-state index contributed by atoms with van der Waals surface area (Å²) in [7, 11) is 0. The predicted octanol–water partition coefficient (Wildman–Crippen LogP) is 14.5. The minimum absolute atomic E-state index is 0.279. The molecule has 0 bridgehead atoms. The number of amidine groups is 1. The van der Waals surface area contributed by atoms with Gasteiger partial charge in [-0.3, -0.25) is 9.89 Å². The Bertz CT molecular complexity index is 989. The number of rotatable bonds is 34. The molecular weight excluding hydrogens is 611 g/mol. The van der Waals surface area contributed by atoms with Crippen molar-refractivity contribution in [2.75, 3.05) is 25.1 Å². The molecule has 2 aromatic carbocycles. The first-order valence-electron chi connectivity index (χ1n) is 21.6. The van der Waals surface area contributed by atoms with Gasteiger partial charge in [-0.1, -0.05) is 211 Å². The molecule has 0 aliphatic heterocycles. The number of unbranched alkanes of at least 4 members (excludes halogenated alkanes) is 26. The molecule has 0 saturated heterocycles. The number of phenolic OH excluding ortho intramolecular Hbond substituents is 1. The van der Waals surface area contributed by atoms with Gasteiger partial charge in [-0.2, -0.15) is 0 Å². The summed E-state index contributed by atoms with van der Waals surface area (Å²) < 4.78 is 0. The number of anilines is 1. The van der Waals surface area contributed by atoms with Gasteiger partial charge in [-0.15, -0.1) is 0 Å². The van der Waals surface area contributed by atoms with Crippen molar-refractivity contribution in [1.29, 1.82) is 0 Å². The van der Waals surface area contributed by atoms with Crippen LogP contribution in [0.2, 0.25) is 0 Å². The topological polar surface area (TPSA) is 47.9 Å². The maximum absolute atomic E-state index is 9.77. The first-order chi connectivity index (χ1) is 24.7. The second-order valence-electron chi connectivity index (χ2n) is 15.0. The summed E-state index contributed by atoms with van der Waals surface area (Å²) in [6.07, 6.45) is 39.1. The Morgan fingerprint density at radius 1 is 0.480 bits per heavy atom. The maximum atomic E-state index is 9.77. The molecule has 0 aromatic heterocycles. The van der Waals surface area contributed by atoms with Crippen LogP contribution in [0.5, 0.6) is 5.75 Å². The zero-order valence-electron chi connectivity index (χ0n) is 33.0. The molecule has 0 spiro atoms. The number of benzene rings is 2. The molecule has 50 heavy (non-hydrogen) atoms. The van der Waals surface area contributed by atoms with Gasteiger partial charge < -0.3 is 10.4 Å². The predicted molar refractivity (Wildman–Crippen MR) is 222 cm³/mol. The number of nitrogens with zero attached hydrogens (tertiary/aromatic N) is 2. The van der Waals surface area contributed by atoms with Crippen LogP contribution in [0.15, 0.2) is 59.6 Å². The van der Waals surface area contributed by atoms with Crippen LogP contribution in [-0.2, 0) is 0 Å². The molecule has 2 rings (SSSR count). The van der Waals surface area contributed by atoms with Crippen LogP contribution < -0.4 is 5.32 Å². The minimum atomic E-state index is 0.279. The molecule has 0 aliphatic carbocycles. The zero-order chi connectivity index (χ0) is 35.6. The average molecular weight is 690 g/mol. The number of aromatic hydroxyl groups is 1. The van der Waals surface area contributed by atoms with E-state index in [2.05, 4.69) is 54.4 Å². The van der Waals surface area contributed by atoms with Gasteiger partial charge in [0, 0.05) is 11.3 Å². The Kier molecular flexibility index (Phi) is 28.6. The van der Waals surface area contributed by atoms with Crippen LogP contribution in [0.3, 0.4) is 0 Å². The van der Waals surface area contributed by atoms with Crippen molar-refractivity contribution in [3.8, 4) is 5.75 Å². The van der Waals surface area contributed by atoms with Gasteiger partial charge in [0.25, 0.3) is 0 Å². The number of aliphatic imine (C=N–C) groups is 1. The number of hydrogen-bond acceptors (Lipinski definition) is 3. The maximum Gasteiger partial charge on any atom is 0.134 e. The molecule has 0 fully saturated rings. The van der Waals surface area contributed by atoms with Crippen molar-refractivity contribution in [3.63, 3.8) is 0 Å². The fraction of sp³-hybridized carbons (Fsp3) is 0.717. The van der Waals surface area contributed by atoms with Crippen molar-refractivity contribution >= 4 is 11.5 Å². The van der Waals surface area contributed by atoms with Crippen LogP contribution in [0, 0.1) is 0 Å². The molecule has 0 unspecified atom stereocenters. The van der Waals surface area contributed by atoms with Crippen LogP contribution in [0.4, 0.5) is 5.69 Å². The van der Waals surface area contributed by atoms with Crippen molar-refractivity contribution in [2.45, 2.75) is 194 Å². The van der Waals surface area contributed by atoms with Gasteiger partial charge >= 0.3 is 0 Å². The van der Waals surface area contributed by atoms with Gasteiger partial charge in [0.2, 0.25) is 0 Å². The standard InChI is InChI=1S/C46H79N3O/c1-3-5-7-9-11-13-15-17-19-21-23-25-27-32-40-49(41-33-28-26-24-22-20-18-16-14-12-10-8-6-4-2)42-47-46(43-34-30-29-31-35-43)48-44-36-38-45(50)39-37-44/h29-31,34-39,50H,3-28,32-33,40-42H2,1-2H3,(H,47,48). The Hall–Kier alpha value is -2.33. The van der Waals surface area contributed by atoms with E-state index >= 15 is 0 Å². The van der Waals surface area contributed by atoms with E-state index in [1.165, 1.54) is 180 Å². The van der Waals surface area contributed by atoms with Gasteiger partial charge in [0.15, 0.2) is 0 Å². The molecule has 0 radical (unpaired) electrons. The van der Waals surface area contributed by atoms with E-state index in [1.54, 1.807) is 12.1 Å². The van der Waals surface area contributed by atoms with Crippen molar-refractivity contribution < 1.29 is 5.11 Å². The second-order valence-corrected chi connectivity index (χ2v) is 15.0.